The molecule has 0 fully saturated rings. The van der Waals surface area contributed by atoms with Crippen molar-refractivity contribution >= 4 is 11.9 Å². The predicted molar refractivity (Wildman–Crippen MR) is 68.1 cm³/mol. The van der Waals surface area contributed by atoms with Gasteiger partial charge in [0, 0.05) is 13.0 Å². The summed E-state index contributed by atoms with van der Waals surface area (Å²) >= 11 is 0. The number of esters is 1. The molecule has 0 aromatic heterocycles. The van der Waals surface area contributed by atoms with Gasteiger partial charge in [0.05, 0.1) is 13.5 Å². The third kappa shape index (κ3) is 9.35. The number of ether oxygens (including phenoxy) is 1. The molecule has 100 valence electrons. The maximum atomic E-state index is 10.9. The Morgan fingerprint density at radius 1 is 1.33 bits per heavy atom. The van der Waals surface area contributed by atoms with Gasteiger partial charge in [0.2, 0.25) is 0 Å². The van der Waals surface area contributed by atoms with Gasteiger partial charge in [0.15, 0.2) is 0 Å². The molecule has 0 amide bonds. The van der Waals surface area contributed by atoms with E-state index in [-0.39, 0.29) is 18.4 Å². The average molecular weight is 253 g/mol. The molecule has 0 aliphatic carbocycles. The van der Waals surface area contributed by atoms with Crippen molar-refractivity contribution in [1.29, 1.82) is 0 Å². The van der Waals surface area contributed by atoms with Crippen molar-refractivity contribution in [2.75, 3.05) is 7.11 Å². The number of carbonyl (C=O) groups is 2. The highest BCUT2D eigenvalue weighted by Crippen LogP contribution is 2.04. The predicted octanol–water partition coefficient (Wildman–Crippen LogP) is 1.21. The van der Waals surface area contributed by atoms with Crippen LogP contribution in [-0.2, 0) is 20.7 Å². The smallest absolute Gasteiger partial charge is 0.307 e. The van der Waals surface area contributed by atoms with E-state index >= 15 is 0 Å². The van der Waals surface area contributed by atoms with E-state index in [0.29, 0.717) is 6.42 Å². The van der Waals surface area contributed by atoms with E-state index in [2.05, 4.69) is 4.74 Å². The van der Waals surface area contributed by atoms with Crippen molar-refractivity contribution in [3.05, 3.63) is 35.9 Å². The summed E-state index contributed by atoms with van der Waals surface area (Å²) in [5.74, 6) is -1.09. The molecule has 5 heteroatoms. The highest BCUT2D eigenvalue weighted by molar-refractivity contribution is 5.69. The average Bonchev–Trinajstić information content (AvgIpc) is 2.29. The van der Waals surface area contributed by atoms with Crippen LogP contribution in [-0.4, -0.2) is 30.2 Å². The zero-order valence-corrected chi connectivity index (χ0v) is 10.6. The third-order valence-corrected chi connectivity index (χ3v) is 2.00. The lowest BCUT2D eigenvalue weighted by molar-refractivity contribution is -0.141. The van der Waals surface area contributed by atoms with Crippen LogP contribution in [0.1, 0.15) is 18.9 Å². The molecule has 0 spiro atoms. The maximum Gasteiger partial charge on any atom is 0.307 e. The minimum Gasteiger partial charge on any atom is -0.481 e. The topological polar surface area (TPSA) is 89.6 Å². The summed E-state index contributed by atoms with van der Waals surface area (Å²) in [5.41, 5.74) is 6.92. The fraction of sp³-hybridized carbons (Fsp3) is 0.385. The number of hydrogen-bond donors (Lipinski definition) is 2. The molecule has 1 atom stereocenters. The lowest BCUT2D eigenvalue weighted by Crippen LogP contribution is -2.26. The first-order valence-corrected chi connectivity index (χ1v) is 5.51. The standard InChI is InChI=1S/C11H15NO2.C2H4O2/c1-14-11(13)8-10(12)7-9-5-3-2-4-6-9;1-2(3)4/h2-6,10H,7-8,12H2,1H3;1H3,(H,3,4)/t10-;/m1./s1. The number of benzene rings is 1. The zero-order valence-electron chi connectivity index (χ0n) is 10.6. The van der Waals surface area contributed by atoms with Gasteiger partial charge in [-0.05, 0) is 12.0 Å². The Morgan fingerprint density at radius 2 is 1.83 bits per heavy atom. The minimum atomic E-state index is -0.833. The molecule has 18 heavy (non-hydrogen) atoms. The van der Waals surface area contributed by atoms with Crippen LogP contribution in [0.4, 0.5) is 0 Å². The lowest BCUT2D eigenvalue weighted by atomic mass is 10.0. The van der Waals surface area contributed by atoms with Crippen LogP contribution in [0.2, 0.25) is 0 Å². The molecule has 1 rings (SSSR count). The van der Waals surface area contributed by atoms with Crippen molar-refractivity contribution in [2.45, 2.75) is 25.8 Å². The maximum absolute atomic E-state index is 10.9. The molecule has 0 unspecified atom stereocenters. The van der Waals surface area contributed by atoms with E-state index in [4.69, 9.17) is 15.6 Å². The summed E-state index contributed by atoms with van der Waals surface area (Å²) in [5, 5.41) is 7.42. The molecular formula is C13H19NO4. The Balaban J connectivity index is 0.000000631. The molecular weight excluding hydrogens is 234 g/mol. The van der Waals surface area contributed by atoms with E-state index in [0.717, 1.165) is 12.5 Å². The minimum absolute atomic E-state index is 0.162. The summed E-state index contributed by atoms with van der Waals surface area (Å²) < 4.78 is 4.54. The largest absolute Gasteiger partial charge is 0.481 e. The number of nitrogens with two attached hydrogens (primary N) is 1. The SMILES string of the molecule is CC(=O)O.COC(=O)C[C@H](N)Cc1ccccc1. The summed E-state index contributed by atoms with van der Waals surface area (Å²) in [7, 11) is 1.37. The second-order valence-electron chi connectivity index (χ2n) is 3.75. The summed E-state index contributed by atoms with van der Waals surface area (Å²) in [6.07, 6.45) is 0.974. The van der Waals surface area contributed by atoms with Crippen LogP contribution < -0.4 is 5.73 Å². The molecule has 3 N–H and O–H groups in total. The number of carboxylic acids is 1. The lowest BCUT2D eigenvalue weighted by Gasteiger charge is -2.09. The molecule has 0 saturated carbocycles. The van der Waals surface area contributed by atoms with Crippen molar-refractivity contribution in [1.82, 2.24) is 0 Å². The summed E-state index contributed by atoms with van der Waals surface area (Å²) in [6, 6.07) is 9.70. The monoisotopic (exact) mass is 253 g/mol. The molecule has 0 aliphatic heterocycles. The van der Waals surface area contributed by atoms with Crippen LogP contribution in [0.15, 0.2) is 30.3 Å². The molecule has 0 heterocycles. The molecule has 0 saturated heterocycles. The first-order chi connectivity index (χ1) is 8.45. The normalized spacial score (nSPS) is 10.8. The number of methoxy groups -OCH3 is 1. The fourth-order valence-corrected chi connectivity index (χ4v) is 1.29. The van der Waals surface area contributed by atoms with Gasteiger partial charge in [0.25, 0.3) is 5.97 Å². The van der Waals surface area contributed by atoms with Crippen LogP contribution in [0.3, 0.4) is 0 Å². The Kier molecular flexibility index (Phi) is 8.22. The Labute approximate surface area is 107 Å². The molecule has 0 aliphatic rings. The molecule has 5 nitrogen and oxygen atoms in total. The highest BCUT2D eigenvalue weighted by Gasteiger charge is 2.09. The highest BCUT2D eigenvalue weighted by atomic mass is 16.5. The van der Waals surface area contributed by atoms with Crippen LogP contribution >= 0.6 is 0 Å². The summed E-state index contributed by atoms with van der Waals surface area (Å²) in [6.45, 7) is 1.08. The Hall–Kier alpha value is -1.88. The second-order valence-corrected chi connectivity index (χ2v) is 3.75. The van der Waals surface area contributed by atoms with E-state index in [1.807, 2.05) is 30.3 Å². The van der Waals surface area contributed by atoms with Gasteiger partial charge in [-0.1, -0.05) is 30.3 Å². The summed E-state index contributed by atoms with van der Waals surface area (Å²) in [4.78, 5) is 19.9. The van der Waals surface area contributed by atoms with Gasteiger partial charge >= 0.3 is 5.97 Å². The van der Waals surface area contributed by atoms with Gasteiger partial charge in [-0.2, -0.15) is 0 Å². The quantitative estimate of drug-likeness (QED) is 0.787. The van der Waals surface area contributed by atoms with E-state index in [9.17, 15) is 4.79 Å². The number of carboxylic acid groups (broad SMARTS) is 1. The van der Waals surface area contributed by atoms with Crippen LogP contribution in [0.25, 0.3) is 0 Å². The van der Waals surface area contributed by atoms with E-state index in [1.165, 1.54) is 7.11 Å². The number of hydrogen-bond acceptors (Lipinski definition) is 4. The number of carbonyl (C=O) groups excluding carboxylic acids is 1. The number of rotatable bonds is 4. The van der Waals surface area contributed by atoms with Gasteiger partial charge in [-0.25, -0.2) is 0 Å². The van der Waals surface area contributed by atoms with Crippen molar-refractivity contribution in [3.8, 4) is 0 Å². The van der Waals surface area contributed by atoms with Gasteiger partial charge in [-0.15, -0.1) is 0 Å². The van der Waals surface area contributed by atoms with E-state index < -0.39 is 5.97 Å². The second kappa shape index (κ2) is 9.18. The fourth-order valence-electron chi connectivity index (χ4n) is 1.29. The van der Waals surface area contributed by atoms with E-state index in [1.54, 1.807) is 0 Å². The third-order valence-electron chi connectivity index (χ3n) is 2.00. The van der Waals surface area contributed by atoms with Crippen molar-refractivity contribution < 1.29 is 19.4 Å². The molecule has 0 bridgehead atoms. The van der Waals surface area contributed by atoms with Gasteiger partial charge in [-0.3, -0.25) is 9.59 Å². The van der Waals surface area contributed by atoms with Crippen LogP contribution in [0.5, 0.6) is 0 Å². The van der Waals surface area contributed by atoms with Gasteiger partial charge in [0.1, 0.15) is 0 Å². The first-order valence-electron chi connectivity index (χ1n) is 5.51. The first kappa shape index (κ1) is 16.1. The Morgan fingerprint density at radius 3 is 2.28 bits per heavy atom. The molecule has 1 aromatic rings. The number of aliphatic carboxylic acids is 1. The van der Waals surface area contributed by atoms with Gasteiger partial charge < -0.3 is 15.6 Å². The zero-order chi connectivity index (χ0) is 14.0. The van der Waals surface area contributed by atoms with Crippen LogP contribution in [0, 0.1) is 0 Å². The molecule has 0 radical (unpaired) electrons. The van der Waals surface area contributed by atoms with Crippen molar-refractivity contribution in [3.63, 3.8) is 0 Å². The molecule has 1 aromatic carbocycles. The Bertz CT molecular complexity index is 361. The van der Waals surface area contributed by atoms with Crippen molar-refractivity contribution in [2.24, 2.45) is 5.73 Å².